The van der Waals surface area contributed by atoms with Crippen LogP contribution < -0.4 is 0 Å². The lowest BCUT2D eigenvalue weighted by Gasteiger charge is -2.21. The number of hydrogen-bond donors (Lipinski definition) is 1. The van der Waals surface area contributed by atoms with E-state index in [1.54, 1.807) is 7.05 Å². The van der Waals surface area contributed by atoms with Crippen molar-refractivity contribution in [3.8, 4) is 0 Å². The first-order chi connectivity index (χ1) is 6.71. The number of hydrogen-bond acceptors (Lipinski definition) is 4. The molecule has 2 rings (SSSR count). The van der Waals surface area contributed by atoms with Gasteiger partial charge in [0.15, 0.2) is 0 Å². The average molecular weight is 196 g/mol. The van der Waals surface area contributed by atoms with E-state index < -0.39 is 5.60 Å². The van der Waals surface area contributed by atoms with E-state index in [9.17, 15) is 5.11 Å². The Kier molecular flexibility index (Phi) is 2.50. The highest BCUT2D eigenvalue weighted by molar-refractivity contribution is 4.98. The van der Waals surface area contributed by atoms with Gasteiger partial charge in [0.2, 0.25) is 5.82 Å². The van der Waals surface area contributed by atoms with E-state index >= 15 is 0 Å². The number of aromatic nitrogens is 4. The second kappa shape index (κ2) is 3.65. The van der Waals surface area contributed by atoms with Crippen molar-refractivity contribution in [2.24, 2.45) is 7.05 Å². The largest absolute Gasteiger partial charge is 0.382 e. The van der Waals surface area contributed by atoms with Gasteiger partial charge >= 0.3 is 0 Å². The van der Waals surface area contributed by atoms with Gasteiger partial charge < -0.3 is 5.11 Å². The van der Waals surface area contributed by atoms with Gasteiger partial charge in [-0.05, 0) is 18.1 Å². The average Bonchev–Trinajstić information content (AvgIpc) is 2.47. The summed E-state index contributed by atoms with van der Waals surface area (Å²) in [6.45, 7) is 0. The van der Waals surface area contributed by atoms with Crippen molar-refractivity contribution in [3.63, 3.8) is 0 Å². The molecular formula is C9H16N4O. The van der Waals surface area contributed by atoms with Gasteiger partial charge in [-0.2, -0.15) is 4.80 Å². The minimum absolute atomic E-state index is 0.488. The summed E-state index contributed by atoms with van der Waals surface area (Å²) in [5, 5.41) is 22.1. The van der Waals surface area contributed by atoms with Gasteiger partial charge in [-0.15, -0.1) is 10.2 Å². The van der Waals surface area contributed by atoms with Crippen LogP contribution in [0.3, 0.4) is 0 Å². The smallest absolute Gasteiger partial charge is 0.206 e. The van der Waals surface area contributed by atoms with Crippen LogP contribution in [0, 0.1) is 0 Å². The van der Waals surface area contributed by atoms with Gasteiger partial charge in [0.25, 0.3) is 0 Å². The minimum Gasteiger partial charge on any atom is -0.382 e. The maximum absolute atomic E-state index is 10.4. The van der Waals surface area contributed by atoms with Crippen molar-refractivity contribution in [1.29, 1.82) is 0 Å². The number of tetrazole rings is 1. The van der Waals surface area contributed by atoms with E-state index in [0.29, 0.717) is 5.82 Å². The third-order valence-corrected chi connectivity index (χ3v) is 2.86. The molecule has 0 bridgehead atoms. The van der Waals surface area contributed by atoms with Crippen LogP contribution in [-0.4, -0.2) is 25.3 Å². The summed E-state index contributed by atoms with van der Waals surface area (Å²) in [7, 11) is 1.72. The lowest BCUT2D eigenvalue weighted by Crippen LogP contribution is -2.26. The van der Waals surface area contributed by atoms with Crippen molar-refractivity contribution in [1.82, 2.24) is 20.2 Å². The molecule has 0 aliphatic heterocycles. The lowest BCUT2D eigenvalue weighted by atomic mass is 9.94. The highest BCUT2D eigenvalue weighted by atomic mass is 16.3. The Hall–Kier alpha value is -0.970. The standard InChI is InChI=1S/C9H16N4O/c1-13-11-8(10-12-13)9(14)6-4-2-3-5-7-9/h14H,2-7H2,1H3. The zero-order valence-corrected chi connectivity index (χ0v) is 8.48. The fraction of sp³-hybridized carbons (Fsp3) is 0.889. The van der Waals surface area contributed by atoms with Crippen LogP contribution in [0.1, 0.15) is 44.3 Å². The zero-order valence-electron chi connectivity index (χ0n) is 8.48. The maximum Gasteiger partial charge on any atom is 0.206 e. The summed E-state index contributed by atoms with van der Waals surface area (Å²) in [5.74, 6) is 0.488. The predicted molar refractivity (Wildman–Crippen MR) is 50.4 cm³/mol. The van der Waals surface area contributed by atoms with Crippen LogP contribution in [0.4, 0.5) is 0 Å². The summed E-state index contributed by atoms with van der Waals surface area (Å²) in [4.78, 5) is 1.40. The van der Waals surface area contributed by atoms with E-state index in [4.69, 9.17) is 0 Å². The van der Waals surface area contributed by atoms with Crippen LogP contribution in [-0.2, 0) is 12.6 Å². The van der Waals surface area contributed by atoms with Crippen molar-refractivity contribution < 1.29 is 5.11 Å². The summed E-state index contributed by atoms with van der Waals surface area (Å²) >= 11 is 0. The molecule has 1 saturated carbocycles. The van der Waals surface area contributed by atoms with E-state index in [2.05, 4.69) is 15.4 Å². The van der Waals surface area contributed by atoms with Gasteiger partial charge in [-0.3, -0.25) is 0 Å². The molecule has 1 aromatic rings. The van der Waals surface area contributed by atoms with Gasteiger partial charge in [-0.25, -0.2) is 0 Å². The summed E-state index contributed by atoms with van der Waals surface area (Å²) in [6.07, 6.45) is 6.02. The Balaban J connectivity index is 2.20. The molecule has 5 heteroatoms. The van der Waals surface area contributed by atoms with Crippen molar-refractivity contribution >= 4 is 0 Å². The van der Waals surface area contributed by atoms with Gasteiger partial charge in [0, 0.05) is 0 Å². The van der Waals surface area contributed by atoms with Gasteiger partial charge in [0.1, 0.15) is 5.60 Å². The fourth-order valence-electron chi connectivity index (χ4n) is 2.01. The highest BCUT2D eigenvalue weighted by Crippen LogP contribution is 2.33. The molecule has 1 N–H and O–H groups in total. The number of aliphatic hydroxyl groups is 1. The van der Waals surface area contributed by atoms with E-state index in [1.807, 2.05) is 0 Å². The Labute approximate surface area is 83.1 Å². The minimum atomic E-state index is -0.829. The zero-order chi connectivity index (χ0) is 10.0. The van der Waals surface area contributed by atoms with Gasteiger partial charge in [-0.1, -0.05) is 25.7 Å². The molecule has 1 aliphatic rings. The third kappa shape index (κ3) is 1.77. The molecule has 0 radical (unpaired) electrons. The second-order valence-corrected chi connectivity index (χ2v) is 4.05. The predicted octanol–water partition coefficient (Wildman–Crippen LogP) is 0.752. The Morgan fingerprint density at radius 2 is 1.86 bits per heavy atom. The van der Waals surface area contributed by atoms with Crippen molar-refractivity contribution in [3.05, 3.63) is 5.82 Å². The SMILES string of the molecule is Cn1nnc(C2(O)CCCCCC2)n1. The molecule has 78 valence electrons. The van der Waals surface area contributed by atoms with Crippen molar-refractivity contribution in [2.75, 3.05) is 0 Å². The van der Waals surface area contributed by atoms with Crippen molar-refractivity contribution in [2.45, 2.75) is 44.1 Å². The molecule has 0 spiro atoms. The Morgan fingerprint density at radius 3 is 2.36 bits per heavy atom. The van der Waals surface area contributed by atoms with E-state index in [0.717, 1.165) is 25.7 Å². The van der Waals surface area contributed by atoms with Crippen LogP contribution in [0.15, 0.2) is 0 Å². The quantitative estimate of drug-likeness (QED) is 0.673. The Bertz CT molecular complexity index is 302. The second-order valence-electron chi connectivity index (χ2n) is 4.05. The summed E-state index contributed by atoms with van der Waals surface area (Å²) in [6, 6.07) is 0. The topological polar surface area (TPSA) is 63.8 Å². The fourth-order valence-corrected chi connectivity index (χ4v) is 2.01. The molecular weight excluding hydrogens is 180 g/mol. The molecule has 0 aromatic carbocycles. The third-order valence-electron chi connectivity index (χ3n) is 2.86. The first-order valence-corrected chi connectivity index (χ1v) is 5.18. The number of rotatable bonds is 1. The molecule has 1 aliphatic carbocycles. The normalized spacial score (nSPS) is 21.9. The highest BCUT2D eigenvalue weighted by Gasteiger charge is 2.34. The molecule has 0 atom stereocenters. The molecule has 0 unspecified atom stereocenters. The summed E-state index contributed by atoms with van der Waals surface area (Å²) in [5.41, 5.74) is -0.829. The first kappa shape index (κ1) is 9.58. The molecule has 1 fully saturated rings. The maximum atomic E-state index is 10.4. The lowest BCUT2D eigenvalue weighted by molar-refractivity contribution is 0.0116. The molecule has 1 heterocycles. The Morgan fingerprint density at radius 1 is 1.21 bits per heavy atom. The molecule has 5 nitrogen and oxygen atoms in total. The van der Waals surface area contributed by atoms with Crippen LogP contribution in [0.5, 0.6) is 0 Å². The van der Waals surface area contributed by atoms with Crippen LogP contribution in [0.25, 0.3) is 0 Å². The first-order valence-electron chi connectivity index (χ1n) is 5.18. The van der Waals surface area contributed by atoms with Crippen LogP contribution >= 0.6 is 0 Å². The number of nitrogens with zero attached hydrogens (tertiary/aromatic N) is 4. The monoisotopic (exact) mass is 196 g/mol. The molecule has 14 heavy (non-hydrogen) atoms. The molecule has 0 amide bonds. The molecule has 1 aromatic heterocycles. The van der Waals surface area contributed by atoms with E-state index in [-0.39, 0.29) is 0 Å². The summed E-state index contributed by atoms with van der Waals surface area (Å²) < 4.78 is 0. The van der Waals surface area contributed by atoms with Crippen LogP contribution in [0.2, 0.25) is 0 Å². The van der Waals surface area contributed by atoms with Gasteiger partial charge in [0.05, 0.1) is 7.05 Å². The van der Waals surface area contributed by atoms with E-state index in [1.165, 1.54) is 17.6 Å². The number of aryl methyl sites for hydroxylation is 1. The molecule has 0 saturated heterocycles.